The number of alkyl halides is 2. The van der Waals surface area contributed by atoms with Crippen LogP contribution >= 0.6 is 47.8 Å². The number of hydrogen-bond acceptors (Lipinski definition) is 1. The zero-order chi connectivity index (χ0) is 13.1. The first-order valence-corrected chi connectivity index (χ1v) is 7.85. The summed E-state index contributed by atoms with van der Waals surface area (Å²) in [5.41, 5.74) is -0.124. The van der Waals surface area contributed by atoms with Crippen LogP contribution < -0.4 is 5.32 Å². The smallest absolute Gasteiger partial charge is 0.253 e. The van der Waals surface area contributed by atoms with Crippen molar-refractivity contribution in [3.05, 3.63) is 34.1 Å². The molecule has 0 saturated heterocycles. The van der Waals surface area contributed by atoms with Crippen LogP contribution in [0.15, 0.2) is 22.7 Å². The largest absolute Gasteiger partial charge is 0.345 e. The Morgan fingerprint density at radius 3 is 2.53 bits per heavy atom. The molecule has 0 fully saturated rings. The number of nitrogens with one attached hydrogen (secondary N) is 1. The van der Waals surface area contributed by atoms with E-state index < -0.39 is 11.4 Å². The Morgan fingerprint density at radius 2 is 2.00 bits per heavy atom. The highest BCUT2D eigenvalue weighted by molar-refractivity contribution is 9.10. The highest BCUT2D eigenvalue weighted by Crippen LogP contribution is 2.19. The lowest BCUT2D eigenvalue weighted by Crippen LogP contribution is -2.49. The molecule has 2 nitrogen and oxygen atoms in total. The maximum atomic E-state index is 13.1. The van der Waals surface area contributed by atoms with E-state index in [0.29, 0.717) is 15.1 Å². The van der Waals surface area contributed by atoms with E-state index in [2.05, 4.69) is 53.1 Å². The molecule has 1 amide bonds. The number of carbonyl (C=O) groups excluding carboxylic acids is 1. The van der Waals surface area contributed by atoms with Gasteiger partial charge in [-0.3, -0.25) is 4.79 Å². The first-order chi connectivity index (χ1) is 7.91. The predicted octanol–water partition coefficient (Wildman–Crippen LogP) is 3.87. The van der Waals surface area contributed by atoms with Crippen molar-refractivity contribution >= 4 is 53.7 Å². The zero-order valence-electron chi connectivity index (χ0n) is 9.07. The van der Waals surface area contributed by atoms with Gasteiger partial charge in [0.2, 0.25) is 0 Å². The van der Waals surface area contributed by atoms with E-state index in [0.717, 1.165) is 0 Å². The number of carbonyl (C=O) groups is 1. The first-order valence-electron chi connectivity index (χ1n) is 4.81. The molecule has 0 saturated carbocycles. The van der Waals surface area contributed by atoms with Crippen LogP contribution in [0.5, 0.6) is 0 Å². The molecule has 94 valence electrons. The van der Waals surface area contributed by atoms with Crippen LogP contribution in [0.1, 0.15) is 17.3 Å². The third kappa shape index (κ3) is 4.03. The Bertz CT molecular complexity index is 421. The van der Waals surface area contributed by atoms with Gasteiger partial charge in [-0.1, -0.05) is 31.9 Å². The second kappa shape index (κ2) is 6.29. The summed E-state index contributed by atoms with van der Waals surface area (Å²) in [5, 5.41) is 4.05. The Hall–Kier alpha value is 0.0600. The number of halogens is 4. The van der Waals surface area contributed by atoms with Crippen molar-refractivity contribution in [1.29, 1.82) is 0 Å². The van der Waals surface area contributed by atoms with E-state index in [4.69, 9.17) is 0 Å². The minimum Gasteiger partial charge on any atom is -0.345 e. The third-order valence-corrected chi connectivity index (χ3v) is 5.34. The normalized spacial score (nSPS) is 11.4. The van der Waals surface area contributed by atoms with E-state index in [1.54, 1.807) is 0 Å². The van der Waals surface area contributed by atoms with Gasteiger partial charge in [-0.25, -0.2) is 4.39 Å². The van der Waals surface area contributed by atoms with Gasteiger partial charge in [0.1, 0.15) is 5.82 Å². The van der Waals surface area contributed by atoms with Crippen molar-refractivity contribution in [2.75, 3.05) is 10.7 Å². The van der Waals surface area contributed by atoms with E-state index in [9.17, 15) is 9.18 Å². The monoisotopic (exact) mass is 429 g/mol. The summed E-state index contributed by atoms with van der Waals surface area (Å²) < 4.78 is 13.7. The Labute approximate surface area is 125 Å². The molecule has 0 atom stereocenters. The van der Waals surface area contributed by atoms with Gasteiger partial charge in [-0.15, -0.1) is 0 Å². The molecule has 0 aliphatic heterocycles. The van der Waals surface area contributed by atoms with Crippen molar-refractivity contribution in [3.63, 3.8) is 0 Å². The molecule has 0 aromatic heterocycles. The second-order valence-electron chi connectivity index (χ2n) is 3.91. The Morgan fingerprint density at radius 1 is 1.41 bits per heavy atom. The van der Waals surface area contributed by atoms with Crippen LogP contribution in [0, 0.1) is 5.82 Å². The first kappa shape index (κ1) is 15.1. The van der Waals surface area contributed by atoms with Gasteiger partial charge in [-0.2, -0.15) is 0 Å². The van der Waals surface area contributed by atoms with Gasteiger partial charge >= 0.3 is 0 Å². The number of benzene rings is 1. The van der Waals surface area contributed by atoms with E-state index in [1.807, 2.05) is 6.92 Å². The van der Waals surface area contributed by atoms with Gasteiger partial charge in [0.15, 0.2) is 0 Å². The Balaban J connectivity index is 2.94. The second-order valence-corrected chi connectivity index (χ2v) is 5.88. The lowest BCUT2D eigenvalue weighted by atomic mass is 10.1. The fourth-order valence-electron chi connectivity index (χ4n) is 1.12. The third-order valence-electron chi connectivity index (χ3n) is 2.18. The van der Waals surface area contributed by atoms with E-state index >= 15 is 0 Å². The minimum atomic E-state index is -0.433. The SMILES string of the molecule is CC(CBr)(CBr)NC(=O)c1cc(F)ccc1Br. The molecule has 17 heavy (non-hydrogen) atoms. The summed E-state index contributed by atoms with van der Waals surface area (Å²) in [5.74, 6) is -0.740. The molecule has 1 N–H and O–H groups in total. The van der Waals surface area contributed by atoms with Crippen molar-refractivity contribution in [1.82, 2.24) is 5.32 Å². The van der Waals surface area contributed by atoms with Crippen LogP contribution in [-0.2, 0) is 0 Å². The van der Waals surface area contributed by atoms with Crippen molar-refractivity contribution in [3.8, 4) is 0 Å². The Kier molecular flexibility index (Phi) is 5.60. The molecule has 1 aromatic rings. The molecule has 0 aliphatic rings. The summed E-state index contributed by atoms with van der Waals surface area (Å²) in [6.07, 6.45) is 0. The summed E-state index contributed by atoms with van der Waals surface area (Å²) in [6, 6.07) is 4.03. The fraction of sp³-hybridized carbons (Fsp3) is 0.364. The quantitative estimate of drug-likeness (QED) is 0.720. The molecular weight excluding hydrogens is 421 g/mol. The van der Waals surface area contributed by atoms with Crippen molar-refractivity contribution in [2.45, 2.75) is 12.5 Å². The molecule has 0 bridgehead atoms. The summed E-state index contributed by atoms with van der Waals surface area (Å²) >= 11 is 9.90. The number of amides is 1. The summed E-state index contributed by atoms with van der Waals surface area (Å²) in [4.78, 5) is 12.0. The molecule has 0 radical (unpaired) electrons. The lowest BCUT2D eigenvalue weighted by Gasteiger charge is -2.26. The predicted molar refractivity (Wildman–Crippen MR) is 77.6 cm³/mol. The van der Waals surface area contributed by atoms with E-state index in [-0.39, 0.29) is 11.5 Å². The lowest BCUT2D eigenvalue weighted by molar-refractivity contribution is 0.0921. The molecule has 1 rings (SSSR count). The van der Waals surface area contributed by atoms with Crippen molar-refractivity contribution < 1.29 is 9.18 Å². The fourth-order valence-corrected chi connectivity index (χ4v) is 2.75. The van der Waals surface area contributed by atoms with Crippen LogP contribution in [0.3, 0.4) is 0 Å². The molecular formula is C11H11Br3FNO. The number of hydrogen-bond donors (Lipinski definition) is 1. The van der Waals surface area contributed by atoms with E-state index in [1.165, 1.54) is 18.2 Å². The summed E-state index contributed by atoms with van der Waals surface area (Å²) in [6.45, 7) is 1.89. The van der Waals surface area contributed by atoms with Crippen LogP contribution in [0.25, 0.3) is 0 Å². The standard InChI is InChI=1S/C11H11Br3FNO/c1-11(5-12,6-13)16-10(17)8-4-7(15)2-3-9(8)14/h2-4H,5-6H2,1H3,(H,16,17). The average molecular weight is 432 g/mol. The average Bonchev–Trinajstić information content (AvgIpc) is 2.32. The molecule has 1 aromatic carbocycles. The van der Waals surface area contributed by atoms with Crippen molar-refractivity contribution in [2.24, 2.45) is 0 Å². The molecule has 0 aliphatic carbocycles. The zero-order valence-corrected chi connectivity index (χ0v) is 13.8. The van der Waals surface area contributed by atoms with Gasteiger partial charge in [0.25, 0.3) is 5.91 Å². The minimum absolute atomic E-state index is 0.290. The molecule has 6 heteroatoms. The molecule has 0 spiro atoms. The highest BCUT2D eigenvalue weighted by Gasteiger charge is 2.25. The maximum Gasteiger partial charge on any atom is 0.253 e. The van der Waals surface area contributed by atoms with Gasteiger partial charge in [0.05, 0.1) is 11.1 Å². The molecule has 0 heterocycles. The van der Waals surface area contributed by atoms with Crippen LogP contribution in [0.4, 0.5) is 4.39 Å². The van der Waals surface area contributed by atoms with Gasteiger partial charge in [-0.05, 0) is 41.1 Å². The maximum absolute atomic E-state index is 13.1. The van der Waals surface area contributed by atoms with Gasteiger partial charge in [0, 0.05) is 15.1 Å². The van der Waals surface area contributed by atoms with Crippen LogP contribution in [0.2, 0.25) is 0 Å². The highest BCUT2D eigenvalue weighted by atomic mass is 79.9. The van der Waals surface area contributed by atoms with Gasteiger partial charge < -0.3 is 5.32 Å². The number of rotatable bonds is 4. The van der Waals surface area contributed by atoms with Crippen LogP contribution in [-0.4, -0.2) is 22.1 Å². The topological polar surface area (TPSA) is 29.1 Å². The molecule has 0 unspecified atom stereocenters. The summed E-state index contributed by atoms with van der Waals surface area (Å²) in [7, 11) is 0.